The number of hydrogen-bond donors (Lipinski definition) is 1. The summed E-state index contributed by atoms with van der Waals surface area (Å²) in [5.74, 6) is -0.197. The van der Waals surface area contributed by atoms with Crippen molar-refractivity contribution in [2.75, 3.05) is 20.2 Å². The Morgan fingerprint density at radius 3 is 2.42 bits per heavy atom. The van der Waals surface area contributed by atoms with Crippen molar-refractivity contribution >= 4 is 5.97 Å². The van der Waals surface area contributed by atoms with Crippen molar-refractivity contribution in [2.24, 2.45) is 5.73 Å². The second-order valence-corrected chi connectivity index (χ2v) is 5.18. The molecule has 1 heterocycles. The van der Waals surface area contributed by atoms with Gasteiger partial charge in [0.1, 0.15) is 0 Å². The van der Waals surface area contributed by atoms with Gasteiger partial charge in [-0.05, 0) is 37.1 Å². The minimum Gasteiger partial charge on any atom is -0.469 e. The lowest BCUT2D eigenvalue weighted by Crippen LogP contribution is -2.39. The standard InChI is InChI=1S/C15H22N2O2/c1-19-15(18)10-12-2-4-13(5-3-12)11-17-8-6-14(16)7-9-17/h2-5,14H,6-11,16H2,1H3. The zero-order chi connectivity index (χ0) is 13.7. The molecule has 0 saturated carbocycles. The summed E-state index contributed by atoms with van der Waals surface area (Å²) in [5, 5.41) is 0. The van der Waals surface area contributed by atoms with Gasteiger partial charge in [0.05, 0.1) is 13.5 Å². The SMILES string of the molecule is COC(=O)Cc1ccc(CN2CCC(N)CC2)cc1. The highest BCUT2D eigenvalue weighted by molar-refractivity contribution is 5.72. The lowest BCUT2D eigenvalue weighted by atomic mass is 10.0. The van der Waals surface area contributed by atoms with E-state index in [-0.39, 0.29) is 5.97 Å². The van der Waals surface area contributed by atoms with Gasteiger partial charge in [-0.2, -0.15) is 0 Å². The Balaban J connectivity index is 1.86. The smallest absolute Gasteiger partial charge is 0.309 e. The second-order valence-electron chi connectivity index (χ2n) is 5.18. The van der Waals surface area contributed by atoms with Gasteiger partial charge < -0.3 is 10.5 Å². The molecule has 19 heavy (non-hydrogen) atoms. The Kier molecular flexibility index (Phi) is 4.93. The zero-order valence-electron chi connectivity index (χ0n) is 11.5. The number of carbonyl (C=O) groups is 1. The van der Waals surface area contributed by atoms with Crippen LogP contribution in [0, 0.1) is 0 Å². The topological polar surface area (TPSA) is 55.6 Å². The number of benzene rings is 1. The molecule has 0 radical (unpaired) electrons. The highest BCUT2D eigenvalue weighted by atomic mass is 16.5. The number of rotatable bonds is 4. The fraction of sp³-hybridized carbons (Fsp3) is 0.533. The van der Waals surface area contributed by atoms with Crippen molar-refractivity contribution < 1.29 is 9.53 Å². The maximum atomic E-state index is 11.2. The van der Waals surface area contributed by atoms with Crippen LogP contribution in [-0.2, 0) is 22.5 Å². The molecule has 4 nitrogen and oxygen atoms in total. The van der Waals surface area contributed by atoms with Crippen LogP contribution in [-0.4, -0.2) is 37.1 Å². The Hall–Kier alpha value is -1.39. The maximum Gasteiger partial charge on any atom is 0.309 e. The van der Waals surface area contributed by atoms with Crippen molar-refractivity contribution in [1.82, 2.24) is 4.90 Å². The predicted molar refractivity (Wildman–Crippen MR) is 74.6 cm³/mol. The second kappa shape index (κ2) is 6.68. The first-order valence-corrected chi connectivity index (χ1v) is 6.80. The minimum absolute atomic E-state index is 0.197. The monoisotopic (exact) mass is 262 g/mol. The van der Waals surface area contributed by atoms with E-state index in [0.29, 0.717) is 12.5 Å². The molecule has 0 unspecified atom stereocenters. The highest BCUT2D eigenvalue weighted by Crippen LogP contribution is 2.13. The Labute approximate surface area is 114 Å². The maximum absolute atomic E-state index is 11.2. The lowest BCUT2D eigenvalue weighted by molar-refractivity contribution is -0.139. The van der Waals surface area contributed by atoms with Crippen LogP contribution < -0.4 is 5.73 Å². The van der Waals surface area contributed by atoms with Gasteiger partial charge in [-0.1, -0.05) is 24.3 Å². The predicted octanol–water partition coefficient (Wildman–Crippen LogP) is 1.33. The van der Waals surface area contributed by atoms with E-state index in [4.69, 9.17) is 5.73 Å². The normalized spacial score (nSPS) is 17.4. The van der Waals surface area contributed by atoms with Crippen LogP contribution in [0.2, 0.25) is 0 Å². The fourth-order valence-corrected chi connectivity index (χ4v) is 2.37. The van der Waals surface area contributed by atoms with Crippen molar-refractivity contribution in [3.63, 3.8) is 0 Å². The fourth-order valence-electron chi connectivity index (χ4n) is 2.37. The summed E-state index contributed by atoms with van der Waals surface area (Å²) < 4.78 is 4.66. The molecule has 0 amide bonds. The molecule has 4 heteroatoms. The highest BCUT2D eigenvalue weighted by Gasteiger charge is 2.15. The summed E-state index contributed by atoms with van der Waals surface area (Å²) in [6.45, 7) is 3.11. The molecule has 0 spiro atoms. The number of nitrogens with zero attached hydrogens (tertiary/aromatic N) is 1. The van der Waals surface area contributed by atoms with Crippen LogP contribution in [0.5, 0.6) is 0 Å². The molecule has 1 aliphatic heterocycles. The number of carbonyl (C=O) groups excluding carboxylic acids is 1. The Bertz CT molecular complexity index is 409. The van der Waals surface area contributed by atoms with Gasteiger partial charge in [0, 0.05) is 12.6 Å². The van der Waals surface area contributed by atoms with Gasteiger partial charge in [-0.15, -0.1) is 0 Å². The molecule has 0 aromatic heterocycles. The first kappa shape index (κ1) is 14.0. The average Bonchev–Trinajstić information content (AvgIpc) is 2.43. The van der Waals surface area contributed by atoms with Gasteiger partial charge in [-0.3, -0.25) is 9.69 Å². The van der Waals surface area contributed by atoms with Gasteiger partial charge in [0.15, 0.2) is 0 Å². The van der Waals surface area contributed by atoms with Crippen molar-refractivity contribution in [2.45, 2.75) is 31.8 Å². The molecule has 0 bridgehead atoms. The molecule has 1 aromatic carbocycles. The Morgan fingerprint density at radius 1 is 1.26 bits per heavy atom. The molecule has 0 atom stereocenters. The van der Waals surface area contributed by atoms with Crippen LogP contribution in [0.15, 0.2) is 24.3 Å². The van der Waals surface area contributed by atoms with Crippen molar-refractivity contribution in [3.8, 4) is 0 Å². The number of piperidine rings is 1. The van der Waals surface area contributed by atoms with Crippen LogP contribution in [0.4, 0.5) is 0 Å². The first-order chi connectivity index (χ1) is 9.17. The molecule has 1 saturated heterocycles. The van der Waals surface area contributed by atoms with E-state index in [1.54, 1.807) is 0 Å². The van der Waals surface area contributed by atoms with Gasteiger partial charge in [0.2, 0.25) is 0 Å². The molecular formula is C15H22N2O2. The zero-order valence-corrected chi connectivity index (χ0v) is 11.5. The molecule has 104 valence electrons. The summed E-state index contributed by atoms with van der Waals surface area (Å²) in [6, 6.07) is 8.56. The lowest BCUT2D eigenvalue weighted by Gasteiger charge is -2.30. The summed E-state index contributed by atoms with van der Waals surface area (Å²) in [5.41, 5.74) is 8.18. The quantitative estimate of drug-likeness (QED) is 0.832. The molecular weight excluding hydrogens is 240 g/mol. The summed E-state index contributed by atoms with van der Waals surface area (Å²) in [6.07, 6.45) is 2.51. The molecule has 1 fully saturated rings. The van der Waals surface area contributed by atoms with Crippen LogP contribution in [0.1, 0.15) is 24.0 Å². The van der Waals surface area contributed by atoms with E-state index in [2.05, 4.69) is 21.8 Å². The summed E-state index contributed by atoms with van der Waals surface area (Å²) in [4.78, 5) is 13.6. The molecule has 1 aromatic rings. The third kappa shape index (κ3) is 4.33. The van der Waals surface area contributed by atoms with Crippen LogP contribution in [0.3, 0.4) is 0 Å². The number of likely N-dealkylation sites (tertiary alicyclic amines) is 1. The summed E-state index contributed by atoms with van der Waals surface area (Å²) >= 11 is 0. The largest absolute Gasteiger partial charge is 0.469 e. The van der Waals surface area contributed by atoms with E-state index < -0.39 is 0 Å². The van der Waals surface area contributed by atoms with Gasteiger partial charge in [0.25, 0.3) is 0 Å². The molecule has 0 aliphatic carbocycles. The molecule has 2 N–H and O–H groups in total. The number of nitrogens with two attached hydrogens (primary N) is 1. The molecule has 2 rings (SSSR count). The van der Waals surface area contributed by atoms with E-state index in [1.807, 2.05) is 12.1 Å². The first-order valence-electron chi connectivity index (χ1n) is 6.80. The van der Waals surface area contributed by atoms with Crippen molar-refractivity contribution in [1.29, 1.82) is 0 Å². The van der Waals surface area contributed by atoms with E-state index in [9.17, 15) is 4.79 Å². The number of ether oxygens (including phenoxy) is 1. The third-order valence-electron chi connectivity index (χ3n) is 3.64. The minimum atomic E-state index is -0.197. The number of hydrogen-bond acceptors (Lipinski definition) is 4. The van der Waals surface area contributed by atoms with Gasteiger partial charge in [-0.25, -0.2) is 0 Å². The average molecular weight is 262 g/mol. The van der Waals surface area contributed by atoms with E-state index >= 15 is 0 Å². The van der Waals surface area contributed by atoms with E-state index in [0.717, 1.165) is 38.0 Å². The third-order valence-corrected chi connectivity index (χ3v) is 3.64. The van der Waals surface area contributed by atoms with Crippen molar-refractivity contribution in [3.05, 3.63) is 35.4 Å². The van der Waals surface area contributed by atoms with E-state index in [1.165, 1.54) is 12.7 Å². The van der Waals surface area contributed by atoms with Crippen LogP contribution >= 0.6 is 0 Å². The number of methoxy groups -OCH3 is 1. The van der Waals surface area contributed by atoms with Crippen LogP contribution in [0.25, 0.3) is 0 Å². The number of esters is 1. The molecule has 1 aliphatic rings. The van der Waals surface area contributed by atoms with Gasteiger partial charge >= 0.3 is 5.97 Å². The Morgan fingerprint density at radius 2 is 1.84 bits per heavy atom. The summed E-state index contributed by atoms with van der Waals surface area (Å²) in [7, 11) is 1.41.